The molecule has 0 aromatic heterocycles. The Labute approximate surface area is 209 Å². The third-order valence-corrected chi connectivity index (χ3v) is 10.6. The zero-order chi connectivity index (χ0) is 24.3. The average molecular weight is 487 g/mol. The van der Waals surface area contributed by atoms with Gasteiger partial charge in [-0.15, -0.1) is 0 Å². The predicted molar refractivity (Wildman–Crippen MR) is 133 cm³/mol. The third-order valence-electron chi connectivity index (χ3n) is 10.3. The van der Waals surface area contributed by atoms with Crippen LogP contribution in [0, 0.1) is 34.5 Å². The summed E-state index contributed by atoms with van der Waals surface area (Å²) < 4.78 is 12.2. The molecule has 1 aromatic rings. The molecule has 4 aliphatic carbocycles. The zero-order valence-corrected chi connectivity index (χ0v) is 21.8. The van der Waals surface area contributed by atoms with Crippen molar-refractivity contribution in [3.63, 3.8) is 0 Å². The fourth-order valence-corrected chi connectivity index (χ4v) is 8.43. The van der Waals surface area contributed by atoms with E-state index in [-0.39, 0.29) is 17.5 Å². The van der Waals surface area contributed by atoms with Gasteiger partial charge in [-0.1, -0.05) is 25.4 Å². The number of Topliss-reactive ketones (excluding diaryl/α,β-unsaturated/α-hetero) is 1. The number of hydrogen-bond donors (Lipinski definition) is 0. The van der Waals surface area contributed by atoms with Gasteiger partial charge in [0.1, 0.15) is 17.6 Å². The molecule has 0 unspecified atom stereocenters. The molecule has 0 saturated heterocycles. The molecule has 4 aliphatic rings. The van der Waals surface area contributed by atoms with Gasteiger partial charge in [0.25, 0.3) is 0 Å². The number of rotatable bonds is 4. The molecule has 0 heterocycles. The monoisotopic (exact) mass is 486 g/mol. The summed E-state index contributed by atoms with van der Waals surface area (Å²) in [5.74, 6) is 3.35. The third kappa shape index (κ3) is 3.98. The first-order valence-electron chi connectivity index (χ1n) is 13.2. The van der Waals surface area contributed by atoms with Gasteiger partial charge in [0.05, 0.1) is 0 Å². The number of halogens is 1. The summed E-state index contributed by atoms with van der Waals surface area (Å²) in [6.07, 6.45) is 9.34. The molecule has 34 heavy (non-hydrogen) atoms. The van der Waals surface area contributed by atoms with Crippen LogP contribution < -0.4 is 4.74 Å². The minimum atomic E-state index is -1.07. The molecule has 7 atom stereocenters. The van der Waals surface area contributed by atoms with Crippen LogP contribution in [0.5, 0.6) is 5.75 Å². The van der Waals surface area contributed by atoms with E-state index in [2.05, 4.69) is 13.8 Å². The lowest BCUT2D eigenvalue weighted by atomic mass is 9.45. The maximum atomic E-state index is 13.3. The van der Waals surface area contributed by atoms with Gasteiger partial charge in [0.15, 0.2) is 5.60 Å². The lowest BCUT2D eigenvalue weighted by Crippen LogP contribution is -2.54. The van der Waals surface area contributed by atoms with Crippen molar-refractivity contribution in [1.82, 2.24) is 0 Å². The van der Waals surface area contributed by atoms with Gasteiger partial charge >= 0.3 is 5.97 Å². The highest BCUT2D eigenvalue weighted by atomic mass is 35.5. The van der Waals surface area contributed by atoms with Crippen LogP contribution in [0.1, 0.15) is 85.5 Å². The first kappa shape index (κ1) is 24.2. The molecule has 0 N–H and O–H groups in total. The fraction of sp³-hybridized carbons (Fsp3) is 0.724. The van der Waals surface area contributed by atoms with Crippen LogP contribution in [-0.2, 0) is 14.3 Å². The molecule has 0 amide bonds. The van der Waals surface area contributed by atoms with Gasteiger partial charge in [-0.25, -0.2) is 4.79 Å². The molecule has 0 spiro atoms. The van der Waals surface area contributed by atoms with Crippen molar-refractivity contribution >= 4 is 23.4 Å². The number of ketones is 1. The van der Waals surface area contributed by atoms with Gasteiger partial charge in [0, 0.05) is 23.3 Å². The molecule has 1 aromatic carbocycles. The Morgan fingerprint density at radius 1 is 0.971 bits per heavy atom. The van der Waals surface area contributed by atoms with Crippen molar-refractivity contribution in [3.05, 3.63) is 29.3 Å². The molecule has 4 fully saturated rings. The Hall–Kier alpha value is -1.55. The number of esters is 1. The summed E-state index contributed by atoms with van der Waals surface area (Å²) in [5.41, 5.74) is -0.734. The predicted octanol–water partition coefficient (Wildman–Crippen LogP) is 7.02. The molecule has 5 heteroatoms. The van der Waals surface area contributed by atoms with Crippen LogP contribution in [0.4, 0.5) is 0 Å². The Balaban J connectivity index is 1.28. The first-order valence-corrected chi connectivity index (χ1v) is 13.6. The molecule has 0 radical (unpaired) electrons. The van der Waals surface area contributed by atoms with Gasteiger partial charge in [-0.3, -0.25) is 4.79 Å². The van der Waals surface area contributed by atoms with E-state index in [1.54, 1.807) is 38.1 Å². The normalized spacial score (nSPS) is 39.6. The van der Waals surface area contributed by atoms with Crippen molar-refractivity contribution < 1.29 is 19.1 Å². The van der Waals surface area contributed by atoms with E-state index in [1.807, 2.05) is 0 Å². The lowest BCUT2D eigenvalue weighted by Gasteiger charge is -2.60. The van der Waals surface area contributed by atoms with E-state index in [0.29, 0.717) is 45.6 Å². The summed E-state index contributed by atoms with van der Waals surface area (Å²) in [7, 11) is 0. The highest BCUT2D eigenvalue weighted by molar-refractivity contribution is 6.30. The van der Waals surface area contributed by atoms with Gasteiger partial charge < -0.3 is 9.47 Å². The zero-order valence-electron chi connectivity index (χ0n) is 21.1. The summed E-state index contributed by atoms with van der Waals surface area (Å²) >= 11 is 5.98. The minimum absolute atomic E-state index is 0.0286. The summed E-state index contributed by atoms with van der Waals surface area (Å²) in [5, 5.41) is 0.635. The number of carbonyl (C=O) groups is 2. The topological polar surface area (TPSA) is 52.6 Å². The van der Waals surface area contributed by atoms with E-state index >= 15 is 0 Å². The second-order valence-corrected chi connectivity index (χ2v) is 12.9. The van der Waals surface area contributed by atoms with Crippen molar-refractivity contribution in [2.45, 2.75) is 97.2 Å². The standard InChI is InChI=1S/C29H39ClO4/c1-27(2,34-21-8-6-19(30)7-9-21)26(32)33-25-12-11-23-22-10-5-18-17-20(31)13-15-28(18,3)24(22)14-16-29(23,25)4/h6-9,18,22-25H,5,10-17H2,1-4H3/t18-,22-,23+,24+,25+,28-,29-/m0/s1. The Bertz CT molecular complexity index is 955. The number of ether oxygens (including phenoxy) is 2. The quantitative estimate of drug-likeness (QED) is 0.429. The molecular formula is C29H39ClO4. The maximum absolute atomic E-state index is 13.3. The highest BCUT2D eigenvalue weighted by Crippen LogP contribution is 2.66. The minimum Gasteiger partial charge on any atom is -0.476 e. The van der Waals surface area contributed by atoms with E-state index < -0.39 is 5.60 Å². The smallest absolute Gasteiger partial charge is 0.350 e. The molecule has 0 bridgehead atoms. The molecule has 186 valence electrons. The second kappa shape index (κ2) is 8.54. The van der Waals surface area contributed by atoms with E-state index in [9.17, 15) is 9.59 Å². The van der Waals surface area contributed by atoms with E-state index in [1.165, 1.54) is 19.3 Å². The second-order valence-electron chi connectivity index (χ2n) is 12.5. The van der Waals surface area contributed by atoms with Crippen LogP contribution in [0.15, 0.2) is 24.3 Å². The fourth-order valence-electron chi connectivity index (χ4n) is 8.30. The lowest BCUT2D eigenvalue weighted by molar-refractivity contribution is -0.177. The number of benzene rings is 1. The van der Waals surface area contributed by atoms with Crippen molar-refractivity contribution in [2.75, 3.05) is 0 Å². The Morgan fingerprint density at radius 2 is 1.68 bits per heavy atom. The van der Waals surface area contributed by atoms with E-state index in [0.717, 1.165) is 38.5 Å². The summed E-state index contributed by atoms with van der Waals surface area (Å²) in [4.78, 5) is 25.4. The van der Waals surface area contributed by atoms with Crippen molar-refractivity contribution in [3.8, 4) is 5.75 Å². The maximum Gasteiger partial charge on any atom is 0.350 e. The van der Waals surface area contributed by atoms with Crippen LogP contribution in [-0.4, -0.2) is 23.5 Å². The average Bonchev–Trinajstić information content (AvgIpc) is 3.12. The van der Waals surface area contributed by atoms with Gasteiger partial charge in [0.2, 0.25) is 0 Å². The molecule has 4 nitrogen and oxygen atoms in total. The first-order chi connectivity index (χ1) is 16.0. The Kier molecular flexibility index (Phi) is 6.06. The number of carbonyl (C=O) groups excluding carboxylic acids is 2. The van der Waals surface area contributed by atoms with Crippen LogP contribution in [0.25, 0.3) is 0 Å². The SMILES string of the molecule is CC(C)(Oc1ccc(Cl)cc1)C(=O)O[C@@H]1CC[C@@H]2[C@@H]3CC[C@H]4CC(=O)CC[C@]4(C)[C@@H]3CC[C@@]21C. The van der Waals surface area contributed by atoms with Crippen molar-refractivity contribution in [1.29, 1.82) is 0 Å². The molecule has 5 rings (SSSR count). The van der Waals surface area contributed by atoms with Gasteiger partial charge in [-0.05, 0) is 112 Å². The molecule has 0 aliphatic heterocycles. The van der Waals surface area contributed by atoms with Crippen LogP contribution in [0.2, 0.25) is 5.02 Å². The van der Waals surface area contributed by atoms with Crippen molar-refractivity contribution in [2.24, 2.45) is 34.5 Å². The number of hydrogen-bond acceptors (Lipinski definition) is 4. The van der Waals surface area contributed by atoms with E-state index in [4.69, 9.17) is 21.1 Å². The summed E-state index contributed by atoms with van der Waals surface area (Å²) in [6.45, 7) is 8.40. The number of fused-ring (bicyclic) bond motifs is 5. The van der Waals surface area contributed by atoms with Crippen LogP contribution in [0.3, 0.4) is 0 Å². The van der Waals surface area contributed by atoms with Crippen LogP contribution >= 0.6 is 11.6 Å². The Morgan fingerprint density at radius 3 is 2.41 bits per heavy atom. The highest BCUT2D eigenvalue weighted by Gasteiger charge is 2.61. The molecule has 4 saturated carbocycles. The van der Waals surface area contributed by atoms with Gasteiger partial charge in [-0.2, -0.15) is 0 Å². The molecular weight excluding hydrogens is 448 g/mol. The summed E-state index contributed by atoms with van der Waals surface area (Å²) in [6, 6.07) is 7.08. The largest absolute Gasteiger partial charge is 0.476 e.